The number of nitrogens with one attached hydrogen (secondary N) is 1. The second-order valence-corrected chi connectivity index (χ2v) is 6.86. The lowest BCUT2D eigenvalue weighted by atomic mass is 10.1. The zero-order valence-corrected chi connectivity index (χ0v) is 17.1. The lowest BCUT2D eigenvalue weighted by Gasteiger charge is -2.09. The van der Waals surface area contributed by atoms with Crippen LogP contribution < -0.4 is 10.1 Å². The Bertz CT molecular complexity index is 1330. The number of amides is 1. The van der Waals surface area contributed by atoms with Crippen molar-refractivity contribution >= 4 is 23.0 Å². The molecule has 2 heterocycles. The summed E-state index contributed by atoms with van der Waals surface area (Å²) in [5, 5.41) is 6.80. The van der Waals surface area contributed by atoms with E-state index in [1.165, 1.54) is 41.2 Å². The van der Waals surface area contributed by atoms with Crippen molar-refractivity contribution in [2.75, 3.05) is 5.32 Å². The fourth-order valence-electron chi connectivity index (χ4n) is 3.07. The normalized spacial score (nSPS) is 11.4. The number of para-hydroxylation sites is 1. The fourth-order valence-corrected chi connectivity index (χ4v) is 3.07. The quantitative estimate of drug-likeness (QED) is 0.429. The first-order valence-corrected chi connectivity index (χ1v) is 9.75. The van der Waals surface area contributed by atoms with Crippen LogP contribution in [0.2, 0.25) is 0 Å². The van der Waals surface area contributed by atoms with E-state index >= 15 is 0 Å². The Morgan fingerprint density at radius 2 is 1.82 bits per heavy atom. The molecule has 1 amide bonds. The van der Waals surface area contributed by atoms with Crippen LogP contribution in [0.3, 0.4) is 0 Å². The van der Waals surface area contributed by atoms with Gasteiger partial charge in [0.2, 0.25) is 5.82 Å². The highest BCUT2D eigenvalue weighted by Crippen LogP contribution is 2.26. The van der Waals surface area contributed by atoms with E-state index in [0.29, 0.717) is 28.2 Å². The van der Waals surface area contributed by atoms with Crippen molar-refractivity contribution < 1.29 is 27.5 Å². The number of Topliss-reactive ketones (excluding diaryl/α,β-unsaturated/α-hetero) is 1. The van der Waals surface area contributed by atoms with Gasteiger partial charge in [-0.15, -0.1) is 18.3 Å². The largest absolute Gasteiger partial charge is 0.573 e. The Hall–Kier alpha value is -4.28. The average molecular weight is 455 g/mol. The number of carbonyl (C=O) groups is 2. The number of benzene rings is 2. The van der Waals surface area contributed by atoms with Gasteiger partial charge in [0.05, 0.1) is 23.8 Å². The molecule has 0 aliphatic carbocycles. The topological polar surface area (TPSA) is 98.5 Å². The van der Waals surface area contributed by atoms with Crippen LogP contribution >= 0.6 is 0 Å². The molecule has 4 rings (SSSR count). The molecule has 0 radical (unpaired) electrons. The van der Waals surface area contributed by atoms with E-state index in [4.69, 9.17) is 0 Å². The van der Waals surface area contributed by atoms with Gasteiger partial charge in [-0.25, -0.2) is 9.50 Å². The molecule has 1 N–H and O–H groups in total. The number of alkyl halides is 3. The third kappa shape index (κ3) is 4.97. The van der Waals surface area contributed by atoms with Gasteiger partial charge in [0.1, 0.15) is 5.75 Å². The number of ketones is 1. The standard InChI is InChI=1S/C22H16F3N5O3/c1-2-18(31)15-5-3-4-6-16(15)27-21(32)20-28-19-11-26-17(12-30(19)29-20)13-7-9-14(10-8-13)33-22(23,24)25/h3-12H,2H2,1H3,(H,27,32). The molecular formula is C22H16F3N5O3. The maximum Gasteiger partial charge on any atom is 0.573 e. The summed E-state index contributed by atoms with van der Waals surface area (Å²) in [5.74, 6) is -1.21. The minimum atomic E-state index is -4.78. The van der Waals surface area contributed by atoms with Gasteiger partial charge in [0.25, 0.3) is 5.91 Å². The van der Waals surface area contributed by atoms with E-state index in [0.717, 1.165) is 0 Å². The number of fused-ring (bicyclic) bond motifs is 1. The SMILES string of the molecule is CCC(=O)c1ccccc1NC(=O)c1nc2cnc(-c3ccc(OC(F)(F)F)cc3)cn2n1. The van der Waals surface area contributed by atoms with Crippen LogP contribution in [0.15, 0.2) is 60.9 Å². The molecule has 33 heavy (non-hydrogen) atoms. The smallest absolute Gasteiger partial charge is 0.406 e. The van der Waals surface area contributed by atoms with Crippen molar-refractivity contribution in [2.24, 2.45) is 0 Å². The highest BCUT2D eigenvalue weighted by molar-refractivity contribution is 6.08. The van der Waals surface area contributed by atoms with E-state index in [-0.39, 0.29) is 23.8 Å². The molecule has 0 aliphatic heterocycles. The first-order valence-electron chi connectivity index (χ1n) is 9.75. The molecule has 0 saturated heterocycles. The molecule has 4 aromatic rings. The fraction of sp³-hybridized carbons (Fsp3) is 0.136. The third-order valence-electron chi connectivity index (χ3n) is 4.60. The predicted octanol–water partition coefficient (Wildman–Crippen LogP) is 4.53. The Kier molecular flexibility index (Phi) is 5.78. The van der Waals surface area contributed by atoms with Crippen molar-refractivity contribution in [1.82, 2.24) is 19.6 Å². The molecular weight excluding hydrogens is 439 g/mol. The van der Waals surface area contributed by atoms with Gasteiger partial charge in [-0.05, 0) is 36.4 Å². The van der Waals surface area contributed by atoms with Gasteiger partial charge in [-0.2, -0.15) is 0 Å². The summed E-state index contributed by atoms with van der Waals surface area (Å²) in [5.41, 5.74) is 1.95. The number of halogens is 3. The molecule has 2 aromatic carbocycles. The number of hydrogen-bond donors (Lipinski definition) is 1. The number of carbonyl (C=O) groups excluding carboxylic acids is 2. The molecule has 0 fully saturated rings. The van der Waals surface area contributed by atoms with Gasteiger partial charge in [-0.3, -0.25) is 14.6 Å². The predicted molar refractivity (Wildman–Crippen MR) is 112 cm³/mol. The van der Waals surface area contributed by atoms with Gasteiger partial charge in [0, 0.05) is 17.5 Å². The van der Waals surface area contributed by atoms with E-state index in [1.807, 2.05) is 0 Å². The minimum absolute atomic E-state index is 0.116. The summed E-state index contributed by atoms with van der Waals surface area (Å²) in [7, 11) is 0. The van der Waals surface area contributed by atoms with Crippen molar-refractivity contribution in [1.29, 1.82) is 0 Å². The Balaban J connectivity index is 1.56. The second-order valence-electron chi connectivity index (χ2n) is 6.86. The van der Waals surface area contributed by atoms with Crippen molar-refractivity contribution in [3.05, 3.63) is 72.3 Å². The maximum absolute atomic E-state index is 12.7. The number of rotatable bonds is 6. The molecule has 0 saturated carbocycles. The second kappa shape index (κ2) is 8.69. The van der Waals surface area contributed by atoms with Crippen LogP contribution in [-0.2, 0) is 0 Å². The van der Waals surface area contributed by atoms with E-state index in [1.54, 1.807) is 31.2 Å². The van der Waals surface area contributed by atoms with Gasteiger partial charge in [0.15, 0.2) is 11.4 Å². The summed E-state index contributed by atoms with van der Waals surface area (Å²) in [6, 6.07) is 11.8. The number of ether oxygens (including phenoxy) is 1. The first kappa shape index (κ1) is 21.9. The molecule has 0 unspecified atom stereocenters. The minimum Gasteiger partial charge on any atom is -0.406 e. The van der Waals surface area contributed by atoms with Crippen LogP contribution in [0, 0.1) is 0 Å². The molecule has 11 heteroatoms. The van der Waals surface area contributed by atoms with Crippen LogP contribution in [0.1, 0.15) is 34.3 Å². The monoisotopic (exact) mass is 455 g/mol. The highest BCUT2D eigenvalue weighted by atomic mass is 19.4. The van der Waals surface area contributed by atoms with E-state index < -0.39 is 12.3 Å². The Labute approximate surface area is 185 Å². The van der Waals surface area contributed by atoms with E-state index in [9.17, 15) is 22.8 Å². The van der Waals surface area contributed by atoms with Gasteiger partial charge in [-0.1, -0.05) is 19.1 Å². The molecule has 168 valence electrons. The zero-order chi connectivity index (χ0) is 23.6. The highest BCUT2D eigenvalue weighted by Gasteiger charge is 2.31. The lowest BCUT2D eigenvalue weighted by molar-refractivity contribution is -0.274. The van der Waals surface area contributed by atoms with Crippen molar-refractivity contribution in [3.63, 3.8) is 0 Å². The third-order valence-corrected chi connectivity index (χ3v) is 4.60. The maximum atomic E-state index is 12.7. The zero-order valence-electron chi connectivity index (χ0n) is 17.1. The lowest BCUT2D eigenvalue weighted by Crippen LogP contribution is -2.16. The number of anilines is 1. The Morgan fingerprint density at radius 3 is 2.52 bits per heavy atom. The molecule has 2 aromatic heterocycles. The summed E-state index contributed by atoms with van der Waals surface area (Å²) in [6.07, 6.45) is -1.61. The summed E-state index contributed by atoms with van der Waals surface area (Å²) >= 11 is 0. The molecule has 0 atom stereocenters. The number of aromatic nitrogens is 4. The van der Waals surface area contributed by atoms with Crippen LogP contribution in [0.4, 0.5) is 18.9 Å². The molecule has 8 nitrogen and oxygen atoms in total. The van der Waals surface area contributed by atoms with Crippen molar-refractivity contribution in [2.45, 2.75) is 19.7 Å². The first-order chi connectivity index (χ1) is 15.7. The average Bonchev–Trinajstić information content (AvgIpc) is 3.22. The molecule has 0 spiro atoms. The Morgan fingerprint density at radius 1 is 1.09 bits per heavy atom. The summed E-state index contributed by atoms with van der Waals surface area (Å²) in [4.78, 5) is 33.1. The molecule has 0 aliphatic rings. The van der Waals surface area contributed by atoms with Crippen LogP contribution in [0.25, 0.3) is 16.9 Å². The van der Waals surface area contributed by atoms with Crippen LogP contribution in [-0.4, -0.2) is 37.6 Å². The number of hydrogen-bond acceptors (Lipinski definition) is 6. The van der Waals surface area contributed by atoms with E-state index in [2.05, 4.69) is 25.1 Å². The van der Waals surface area contributed by atoms with Crippen molar-refractivity contribution in [3.8, 4) is 17.0 Å². The van der Waals surface area contributed by atoms with Gasteiger partial charge < -0.3 is 10.1 Å². The summed E-state index contributed by atoms with van der Waals surface area (Å²) in [6.45, 7) is 1.73. The van der Waals surface area contributed by atoms with Crippen LogP contribution in [0.5, 0.6) is 5.75 Å². The van der Waals surface area contributed by atoms with Gasteiger partial charge >= 0.3 is 6.36 Å². The number of nitrogens with zero attached hydrogens (tertiary/aromatic N) is 4. The summed E-state index contributed by atoms with van der Waals surface area (Å²) < 4.78 is 42.2. The molecule has 0 bridgehead atoms.